The summed E-state index contributed by atoms with van der Waals surface area (Å²) < 4.78 is 37.5. The van der Waals surface area contributed by atoms with E-state index in [0.29, 0.717) is 13.1 Å². The van der Waals surface area contributed by atoms with Crippen molar-refractivity contribution in [1.29, 1.82) is 0 Å². The molecular formula is C17H25N3O7S. The fourth-order valence-corrected chi connectivity index (χ4v) is 4.53. The zero-order chi connectivity index (χ0) is 20.9. The van der Waals surface area contributed by atoms with E-state index < -0.39 is 41.0 Å². The van der Waals surface area contributed by atoms with E-state index in [1.54, 1.807) is 0 Å². The van der Waals surface area contributed by atoms with Crippen LogP contribution in [0.15, 0.2) is 17.2 Å². The third-order valence-electron chi connectivity index (χ3n) is 4.53. The van der Waals surface area contributed by atoms with Crippen molar-refractivity contribution in [3.05, 3.63) is 18.0 Å². The summed E-state index contributed by atoms with van der Waals surface area (Å²) >= 11 is 0. The number of sulfonamides is 1. The summed E-state index contributed by atoms with van der Waals surface area (Å²) in [6.07, 6.45) is 3.93. The molecule has 0 radical (unpaired) electrons. The molecular weight excluding hydrogens is 390 g/mol. The highest BCUT2D eigenvalue weighted by molar-refractivity contribution is 7.89. The Morgan fingerprint density at radius 1 is 1.04 bits per heavy atom. The fourth-order valence-electron chi connectivity index (χ4n) is 2.94. The molecule has 1 saturated heterocycles. The van der Waals surface area contributed by atoms with Gasteiger partial charge in [0.25, 0.3) is 5.91 Å². The van der Waals surface area contributed by atoms with Crippen molar-refractivity contribution >= 4 is 27.9 Å². The van der Waals surface area contributed by atoms with Gasteiger partial charge in [-0.05, 0) is 18.9 Å². The van der Waals surface area contributed by atoms with Crippen LogP contribution in [0.1, 0.15) is 29.8 Å². The first-order valence-electron chi connectivity index (χ1n) is 8.80. The molecule has 1 aliphatic rings. The van der Waals surface area contributed by atoms with Gasteiger partial charge in [0.15, 0.2) is 0 Å². The minimum atomic E-state index is -3.72. The van der Waals surface area contributed by atoms with Crippen LogP contribution in [0.3, 0.4) is 0 Å². The van der Waals surface area contributed by atoms with Crippen LogP contribution < -0.4 is 0 Å². The van der Waals surface area contributed by atoms with E-state index in [0.717, 1.165) is 38.4 Å². The predicted molar refractivity (Wildman–Crippen MR) is 98.0 cm³/mol. The van der Waals surface area contributed by atoms with E-state index >= 15 is 0 Å². The van der Waals surface area contributed by atoms with Gasteiger partial charge in [-0.15, -0.1) is 0 Å². The number of carbonyl (C=O) groups is 3. The number of hydrogen-bond acceptors (Lipinski definition) is 7. The molecule has 2 rings (SSSR count). The third-order valence-corrected chi connectivity index (χ3v) is 6.40. The normalized spacial score (nSPS) is 15.1. The molecule has 0 spiro atoms. The van der Waals surface area contributed by atoms with E-state index in [-0.39, 0.29) is 10.6 Å². The number of methoxy groups -OCH3 is 2. The highest BCUT2D eigenvalue weighted by Crippen LogP contribution is 2.23. The molecule has 1 aromatic heterocycles. The number of ether oxygens (including phenoxy) is 2. The maximum atomic E-state index is 12.9. The molecule has 1 aliphatic heterocycles. The molecule has 0 aromatic carbocycles. The van der Waals surface area contributed by atoms with Crippen molar-refractivity contribution < 1.29 is 32.3 Å². The molecule has 11 heteroatoms. The van der Waals surface area contributed by atoms with E-state index in [9.17, 15) is 22.8 Å². The Bertz CT molecular complexity index is 823. The lowest BCUT2D eigenvalue weighted by Crippen LogP contribution is -2.40. The standard InChI is InChI=1S/C17H25N3O7S/c1-18-10-13(28(24,25)20-7-5-4-6-8-20)9-14(18)17(23)19(11-15(21)26-2)12-16(22)27-3/h9-10H,4-8,11-12H2,1-3H3. The summed E-state index contributed by atoms with van der Waals surface area (Å²) in [7, 11) is 0.128. The van der Waals surface area contributed by atoms with Crippen molar-refractivity contribution in [2.75, 3.05) is 40.4 Å². The molecule has 0 N–H and O–H groups in total. The summed E-state index contributed by atoms with van der Waals surface area (Å²) in [5, 5.41) is 0. The molecule has 0 saturated carbocycles. The van der Waals surface area contributed by atoms with E-state index in [1.807, 2.05) is 0 Å². The van der Waals surface area contributed by atoms with Gasteiger partial charge in [0.1, 0.15) is 23.7 Å². The Labute approximate surface area is 164 Å². The fraction of sp³-hybridized carbons (Fsp3) is 0.588. The molecule has 1 fully saturated rings. The number of nitrogens with zero attached hydrogens (tertiary/aromatic N) is 3. The van der Waals surface area contributed by atoms with Gasteiger partial charge in [-0.1, -0.05) is 6.42 Å². The van der Waals surface area contributed by atoms with Crippen LogP contribution in [0.5, 0.6) is 0 Å². The minimum absolute atomic E-state index is 0.00339. The van der Waals surface area contributed by atoms with Crippen LogP contribution in [0, 0.1) is 0 Å². The van der Waals surface area contributed by atoms with Crippen LogP contribution in [0.25, 0.3) is 0 Å². The van der Waals surface area contributed by atoms with Gasteiger partial charge in [0.05, 0.1) is 14.2 Å². The molecule has 10 nitrogen and oxygen atoms in total. The first-order valence-corrected chi connectivity index (χ1v) is 10.2. The van der Waals surface area contributed by atoms with E-state index in [2.05, 4.69) is 9.47 Å². The van der Waals surface area contributed by atoms with Crippen LogP contribution in [0.4, 0.5) is 0 Å². The topological polar surface area (TPSA) is 115 Å². The number of hydrogen-bond donors (Lipinski definition) is 0. The lowest BCUT2D eigenvalue weighted by Gasteiger charge is -2.25. The predicted octanol–water partition coefficient (Wildman–Crippen LogP) is -0.0121. The lowest BCUT2D eigenvalue weighted by atomic mass is 10.2. The minimum Gasteiger partial charge on any atom is -0.468 e. The van der Waals surface area contributed by atoms with Crippen LogP contribution in [-0.2, 0) is 36.1 Å². The Balaban J connectivity index is 2.30. The summed E-state index contributed by atoms with van der Waals surface area (Å²) in [4.78, 5) is 37.0. The molecule has 1 amide bonds. The second-order valence-electron chi connectivity index (χ2n) is 6.45. The number of amides is 1. The van der Waals surface area contributed by atoms with Crippen molar-refractivity contribution in [2.45, 2.75) is 24.2 Å². The maximum Gasteiger partial charge on any atom is 0.325 e. The number of esters is 2. The number of rotatable bonds is 7. The second-order valence-corrected chi connectivity index (χ2v) is 8.39. The average Bonchev–Trinajstić information content (AvgIpc) is 3.09. The average molecular weight is 415 g/mol. The molecule has 0 aliphatic carbocycles. The Morgan fingerprint density at radius 2 is 1.57 bits per heavy atom. The maximum absolute atomic E-state index is 12.9. The Morgan fingerprint density at radius 3 is 2.07 bits per heavy atom. The monoisotopic (exact) mass is 415 g/mol. The largest absolute Gasteiger partial charge is 0.468 e. The molecule has 156 valence electrons. The molecule has 1 aromatic rings. The zero-order valence-electron chi connectivity index (χ0n) is 16.2. The summed E-state index contributed by atoms with van der Waals surface area (Å²) in [6.45, 7) is -0.0533. The Kier molecular flexibility index (Phi) is 7.19. The van der Waals surface area contributed by atoms with Gasteiger partial charge in [0.2, 0.25) is 10.0 Å². The summed E-state index contributed by atoms with van der Waals surface area (Å²) in [5.41, 5.74) is 0.0309. The van der Waals surface area contributed by atoms with Gasteiger partial charge in [-0.2, -0.15) is 4.31 Å². The highest BCUT2D eigenvalue weighted by Gasteiger charge is 2.30. The first-order chi connectivity index (χ1) is 13.2. The second kappa shape index (κ2) is 9.20. The van der Waals surface area contributed by atoms with Gasteiger partial charge < -0.3 is 18.9 Å². The first kappa shape index (κ1) is 21.9. The van der Waals surface area contributed by atoms with Crippen LogP contribution in [-0.4, -0.2) is 80.4 Å². The summed E-state index contributed by atoms with van der Waals surface area (Å²) in [5.74, 6) is -2.11. The number of aryl methyl sites for hydroxylation is 1. The van der Waals surface area contributed by atoms with Crippen molar-refractivity contribution in [2.24, 2.45) is 7.05 Å². The lowest BCUT2D eigenvalue weighted by molar-refractivity contribution is -0.144. The van der Waals surface area contributed by atoms with E-state index in [4.69, 9.17) is 0 Å². The van der Waals surface area contributed by atoms with Gasteiger partial charge in [0, 0.05) is 26.3 Å². The number of carbonyl (C=O) groups excluding carboxylic acids is 3. The SMILES string of the molecule is COC(=O)CN(CC(=O)OC)C(=O)c1cc(S(=O)(=O)N2CCCCC2)cn1C. The number of aromatic nitrogens is 1. The Hall–Kier alpha value is -2.40. The van der Waals surface area contributed by atoms with Crippen LogP contribution >= 0.6 is 0 Å². The third kappa shape index (κ3) is 4.90. The van der Waals surface area contributed by atoms with Crippen molar-refractivity contribution in [1.82, 2.24) is 13.8 Å². The smallest absolute Gasteiger partial charge is 0.325 e. The summed E-state index contributed by atoms with van der Waals surface area (Å²) in [6, 6.07) is 1.26. The van der Waals surface area contributed by atoms with E-state index in [1.165, 1.54) is 28.2 Å². The van der Waals surface area contributed by atoms with Gasteiger partial charge in [-0.25, -0.2) is 8.42 Å². The molecule has 0 atom stereocenters. The molecule has 0 unspecified atom stereocenters. The van der Waals surface area contributed by atoms with Gasteiger partial charge in [-0.3, -0.25) is 14.4 Å². The van der Waals surface area contributed by atoms with Crippen molar-refractivity contribution in [3.8, 4) is 0 Å². The van der Waals surface area contributed by atoms with Gasteiger partial charge >= 0.3 is 11.9 Å². The van der Waals surface area contributed by atoms with Crippen molar-refractivity contribution in [3.63, 3.8) is 0 Å². The zero-order valence-corrected chi connectivity index (χ0v) is 17.0. The van der Waals surface area contributed by atoms with Crippen LogP contribution in [0.2, 0.25) is 0 Å². The highest BCUT2D eigenvalue weighted by atomic mass is 32.2. The number of piperidine rings is 1. The quantitative estimate of drug-likeness (QED) is 0.575. The molecule has 0 bridgehead atoms. The molecule has 2 heterocycles. The molecule has 28 heavy (non-hydrogen) atoms.